The number of rotatable bonds is 1. The van der Waals surface area contributed by atoms with Gasteiger partial charge in [0, 0.05) is 41.6 Å². The summed E-state index contributed by atoms with van der Waals surface area (Å²) in [6.07, 6.45) is 0. The smallest absolute Gasteiger partial charge is 0.260 e. The van der Waals surface area contributed by atoms with E-state index in [-0.39, 0.29) is 11.3 Å². The van der Waals surface area contributed by atoms with Crippen LogP contribution in [-0.4, -0.2) is 14.9 Å². The highest BCUT2D eigenvalue weighted by molar-refractivity contribution is 7.71. The molecule has 0 amide bonds. The summed E-state index contributed by atoms with van der Waals surface area (Å²) in [6, 6.07) is 9.64. The molecule has 7 heteroatoms. The zero-order valence-electron chi connectivity index (χ0n) is 15.6. The Morgan fingerprint density at radius 2 is 1.82 bits per heavy atom. The highest BCUT2D eigenvalue weighted by Gasteiger charge is 2.42. The van der Waals surface area contributed by atoms with Crippen LogP contribution in [0.15, 0.2) is 46.1 Å². The molecule has 1 aliphatic heterocycles. The van der Waals surface area contributed by atoms with Crippen LogP contribution in [0.2, 0.25) is 0 Å². The van der Waals surface area contributed by atoms with Gasteiger partial charge in [0.05, 0.1) is 11.3 Å². The number of allylic oxidation sites excluding steroid dienone is 1. The van der Waals surface area contributed by atoms with Crippen LogP contribution in [0.25, 0.3) is 5.70 Å². The van der Waals surface area contributed by atoms with Crippen molar-refractivity contribution < 1.29 is 4.79 Å². The van der Waals surface area contributed by atoms with E-state index < -0.39 is 5.92 Å². The van der Waals surface area contributed by atoms with Crippen LogP contribution in [0.5, 0.6) is 0 Å². The summed E-state index contributed by atoms with van der Waals surface area (Å²) in [5, 5.41) is 5.41. The third kappa shape index (κ3) is 2.14. The Hall–Kier alpha value is -2.77. The zero-order chi connectivity index (χ0) is 19.7. The number of nitrogens with zero attached hydrogens (tertiary/aromatic N) is 2. The lowest BCUT2D eigenvalue weighted by Gasteiger charge is -2.29. The molecule has 2 aromatic heterocycles. The van der Waals surface area contributed by atoms with Gasteiger partial charge in [0.15, 0.2) is 10.6 Å². The van der Waals surface area contributed by atoms with Gasteiger partial charge in [0.2, 0.25) is 0 Å². The summed E-state index contributed by atoms with van der Waals surface area (Å²) in [7, 11) is 3.52. The maximum Gasteiger partial charge on any atom is 0.260 e. The van der Waals surface area contributed by atoms with Gasteiger partial charge < -0.3 is 9.88 Å². The van der Waals surface area contributed by atoms with Crippen LogP contribution in [0.3, 0.4) is 0 Å². The number of thiophene rings is 1. The number of anilines is 1. The maximum absolute atomic E-state index is 13.3. The highest BCUT2D eigenvalue weighted by atomic mass is 32.1. The normalized spacial score (nSPS) is 17.2. The summed E-state index contributed by atoms with van der Waals surface area (Å²) in [6.45, 7) is 2.03. The van der Waals surface area contributed by atoms with E-state index >= 15 is 0 Å². The third-order valence-electron chi connectivity index (χ3n) is 5.56. The van der Waals surface area contributed by atoms with Crippen LogP contribution in [0.4, 0.5) is 5.82 Å². The van der Waals surface area contributed by atoms with Crippen molar-refractivity contribution in [2.45, 2.75) is 12.8 Å². The fourth-order valence-electron chi connectivity index (χ4n) is 4.21. The molecule has 3 aromatic rings. The molecular formula is C21H17N3O2S2. The van der Waals surface area contributed by atoms with E-state index in [2.05, 4.69) is 11.4 Å². The van der Waals surface area contributed by atoms with E-state index in [1.807, 2.05) is 48.2 Å². The van der Waals surface area contributed by atoms with E-state index in [0.29, 0.717) is 27.3 Å². The minimum Gasteiger partial charge on any atom is -0.340 e. The second-order valence-corrected chi connectivity index (χ2v) is 8.66. The molecule has 0 bridgehead atoms. The molecule has 28 heavy (non-hydrogen) atoms. The van der Waals surface area contributed by atoms with Gasteiger partial charge in [0.25, 0.3) is 5.56 Å². The first-order chi connectivity index (χ1) is 13.4. The maximum atomic E-state index is 13.3. The Labute approximate surface area is 170 Å². The Bertz CT molecular complexity index is 1340. The predicted octanol–water partition coefficient (Wildman–Crippen LogP) is 3.99. The Balaban J connectivity index is 1.90. The SMILES string of the molecule is Cc1cc(C2C3=C(Nc4c2c(=O)n(C)c(=S)n4C)c2ccccc2C3=O)cs1. The Morgan fingerprint density at radius 3 is 2.50 bits per heavy atom. The molecule has 0 saturated carbocycles. The molecule has 1 N–H and O–H groups in total. The average Bonchev–Trinajstić information content (AvgIpc) is 3.25. The molecule has 1 aliphatic carbocycles. The summed E-state index contributed by atoms with van der Waals surface area (Å²) in [5.74, 6) is 0.214. The molecule has 1 atom stereocenters. The first-order valence-corrected chi connectivity index (χ1v) is 10.2. The summed E-state index contributed by atoms with van der Waals surface area (Å²) in [5.41, 5.74) is 4.32. The van der Waals surface area contributed by atoms with Crippen molar-refractivity contribution in [2.75, 3.05) is 5.32 Å². The average molecular weight is 408 g/mol. The topological polar surface area (TPSA) is 56.0 Å². The fourth-order valence-corrected chi connectivity index (χ4v) is 5.11. The van der Waals surface area contributed by atoms with Crippen molar-refractivity contribution in [3.05, 3.63) is 83.5 Å². The van der Waals surface area contributed by atoms with E-state index in [4.69, 9.17) is 12.2 Å². The standard InChI is InChI=1S/C21H17N3O2S2/c1-10-8-11(9-28-10)14-15-17(12-6-4-5-7-13(12)18(15)25)22-19-16(14)20(26)24(3)21(27)23(19)2/h4-9,14,22H,1-3H3. The minimum atomic E-state index is -0.420. The van der Waals surface area contributed by atoms with Crippen molar-refractivity contribution >= 4 is 40.9 Å². The third-order valence-corrected chi connectivity index (χ3v) is 6.99. The van der Waals surface area contributed by atoms with Gasteiger partial charge in [0.1, 0.15) is 5.82 Å². The molecule has 0 spiro atoms. The zero-order valence-corrected chi connectivity index (χ0v) is 17.2. The molecule has 5 nitrogen and oxygen atoms in total. The van der Waals surface area contributed by atoms with Crippen LogP contribution in [0, 0.1) is 11.7 Å². The molecule has 1 unspecified atom stereocenters. The number of hydrogen-bond acceptors (Lipinski definition) is 5. The van der Waals surface area contributed by atoms with E-state index in [1.54, 1.807) is 18.4 Å². The lowest BCUT2D eigenvalue weighted by atomic mass is 9.82. The number of Topliss-reactive ketones (excluding diaryl/α,β-unsaturated/α-hetero) is 1. The second kappa shape index (κ2) is 5.86. The Morgan fingerprint density at radius 1 is 1.11 bits per heavy atom. The monoisotopic (exact) mass is 407 g/mol. The van der Waals surface area contributed by atoms with Gasteiger partial charge >= 0.3 is 0 Å². The highest BCUT2D eigenvalue weighted by Crippen LogP contribution is 2.48. The summed E-state index contributed by atoms with van der Waals surface area (Å²) < 4.78 is 3.71. The van der Waals surface area contributed by atoms with Crippen LogP contribution in [0.1, 0.15) is 37.8 Å². The van der Waals surface area contributed by atoms with Gasteiger partial charge in [-0.05, 0) is 36.2 Å². The van der Waals surface area contributed by atoms with Gasteiger partial charge in [-0.3, -0.25) is 14.2 Å². The van der Waals surface area contributed by atoms with Crippen molar-refractivity contribution in [3.8, 4) is 0 Å². The number of nitrogens with one attached hydrogen (secondary N) is 1. The quantitative estimate of drug-likeness (QED) is 0.620. The van der Waals surface area contributed by atoms with Crippen molar-refractivity contribution in [1.29, 1.82) is 0 Å². The number of ketones is 1. The number of aryl methyl sites for hydroxylation is 1. The Kier molecular flexibility index (Phi) is 3.63. The summed E-state index contributed by atoms with van der Waals surface area (Å²) in [4.78, 5) is 27.7. The van der Waals surface area contributed by atoms with Crippen LogP contribution in [-0.2, 0) is 14.1 Å². The van der Waals surface area contributed by atoms with Crippen molar-refractivity contribution in [1.82, 2.24) is 9.13 Å². The predicted molar refractivity (Wildman–Crippen MR) is 114 cm³/mol. The fraction of sp³-hybridized carbons (Fsp3) is 0.190. The number of hydrogen-bond donors (Lipinski definition) is 1. The van der Waals surface area contributed by atoms with Crippen LogP contribution < -0.4 is 10.9 Å². The molecule has 3 heterocycles. The van der Waals surface area contributed by atoms with Crippen molar-refractivity contribution in [2.24, 2.45) is 14.1 Å². The molecule has 0 fully saturated rings. The molecule has 5 rings (SSSR count). The van der Waals surface area contributed by atoms with Gasteiger partial charge in [-0.2, -0.15) is 0 Å². The number of fused-ring (bicyclic) bond motifs is 3. The lowest BCUT2D eigenvalue weighted by molar-refractivity contribution is 0.103. The van der Waals surface area contributed by atoms with Crippen molar-refractivity contribution in [3.63, 3.8) is 0 Å². The number of carbonyl (C=O) groups is 1. The first kappa shape index (κ1) is 17.3. The van der Waals surface area contributed by atoms with E-state index in [9.17, 15) is 9.59 Å². The van der Waals surface area contributed by atoms with Gasteiger partial charge in [-0.25, -0.2) is 0 Å². The number of aromatic nitrogens is 2. The molecule has 1 aromatic carbocycles. The largest absolute Gasteiger partial charge is 0.340 e. The van der Waals surface area contributed by atoms with Gasteiger partial charge in [-0.1, -0.05) is 24.3 Å². The van der Waals surface area contributed by atoms with Gasteiger partial charge in [-0.15, -0.1) is 11.3 Å². The minimum absolute atomic E-state index is 0.0234. The summed E-state index contributed by atoms with van der Waals surface area (Å²) >= 11 is 7.07. The second-order valence-electron chi connectivity index (χ2n) is 7.18. The lowest BCUT2D eigenvalue weighted by Crippen LogP contribution is -2.33. The van der Waals surface area contributed by atoms with E-state index in [1.165, 1.54) is 4.57 Å². The molecule has 0 radical (unpaired) electrons. The molecule has 140 valence electrons. The van der Waals surface area contributed by atoms with Crippen LogP contribution >= 0.6 is 23.6 Å². The number of carbonyl (C=O) groups excluding carboxylic acids is 1. The molecular weight excluding hydrogens is 390 g/mol. The first-order valence-electron chi connectivity index (χ1n) is 8.90. The molecule has 2 aliphatic rings. The van der Waals surface area contributed by atoms with E-state index in [0.717, 1.165) is 21.7 Å². The number of benzene rings is 1. The molecule has 0 saturated heterocycles.